The number of aryl methyl sites for hydroxylation is 1. The normalized spacial score (nSPS) is 10.4. The summed E-state index contributed by atoms with van der Waals surface area (Å²) in [6.45, 7) is 2.07. The Labute approximate surface area is 130 Å². The molecular formula is C20H16N2. The van der Waals surface area contributed by atoms with Gasteiger partial charge in [0.2, 0.25) is 0 Å². The van der Waals surface area contributed by atoms with Crippen molar-refractivity contribution in [3.8, 4) is 23.1 Å². The van der Waals surface area contributed by atoms with Crippen LogP contribution in [0.2, 0.25) is 0 Å². The van der Waals surface area contributed by atoms with Gasteiger partial charge in [-0.3, -0.25) is 5.10 Å². The van der Waals surface area contributed by atoms with Gasteiger partial charge >= 0.3 is 0 Å². The van der Waals surface area contributed by atoms with Crippen LogP contribution < -0.4 is 0 Å². The molecular weight excluding hydrogens is 268 g/mol. The van der Waals surface area contributed by atoms with Crippen LogP contribution in [0.15, 0.2) is 66.7 Å². The molecule has 22 heavy (non-hydrogen) atoms. The van der Waals surface area contributed by atoms with Crippen molar-refractivity contribution in [1.29, 1.82) is 0 Å². The average Bonchev–Trinajstić information content (AvgIpc) is 3.01. The monoisotopic (exact) mass is 284 g/mol. The first kappa shape index (κ1) is 13.9. The van der Waals surface area contributed by atoms with Crippen molar-refractivity contribution in [2.45, 2.75) is 6.92 Å². The van der Waals surface area contributed by atoms with Gasteiger partial charge in [-0.25, -0.2) is 0 Å². The van der Waals surface area contributed by atoms with E-state index in [1.165, 1.54) is 5.56 Å². The van der Waals surface area contributed by atoms with Gasteiger partial charge in [0.05, 0.1) is 11.4 Å². The molecule has 0 aliphatic carbocycles. The van der Waals surface area contributed by atoms with Crippen molar-refractivity contribution in [2.75, 3.05) is 0 Å². The third-order valence-corrected chi connectivity index (χ3v) is 3.25. The van der Waals surface area contributed by atoms with Crippen molar-refractivity contribution in [1.82, 2.24) is 10.2 Å². The van der Waals surface area contributed by atoms with Crippen LogP contribution in [0.3, 0.4) is 0 Å². The summed E-state index contributed by atoms with van der Waals surface area (Å²) in [5, 5.41) is 7.32. The lowest BCUT2D eigenvalue weighted by molar-refractivity contribution is 1.08. The second-order valence-corrected chi connectivity index (χ2v) is 5.05. The summed E-state index contributed by atoms with van der Waals surface area (Å²) >= 11 is 0. The van der Waals surface area contributed by atoms with Gasteiger partial charge in [0.25, 0.3) is 0 Å². The van der Waals surface area contributed by atoms with Crippen molar-refractivity contribution >= 4 is 6.08 Å². The van der Waals surface area contributed by atoms with Crippen molar-refractivity contribution in [3.05, 3.63) is 83.6 Å². The van der Waals surface area contributed by atoms with E-state index >= 15 is 0 Å². The Morgan fingerprint density at radius 1 is 1.00 bits per heavy atom. The standard InChI is InChI=1S/C20H16N2/c1-16-8-7-10-17(14-16)9-5-6-13-19-15-20(22-21-19)18-11-3-2-4-12-18/h2-4,6-8,10-15H,1H3,(H,21,22)/b13-6-. The van der Waals surface area contributed by atoms with Crippen LogP contribution in [0.1, 0.15) is 16.8 Å². The first-order chi connectivity index (χ1) is 10.8. The first-order valence-corrected chi connectivity index (χ1v) is 7.17. The quantitative estimate of drug-likeness (QED) is 0.692. The zero-order chi connectivity index (χ0) is 15.2. The summed E-state index contributed by atoms with van der Waals surface area (Å²) in [4.78, 5) is 0. The highest BCUT2D eigenvalue weighted by Gasteiger charge is 2.00. The second kappa shape index (κ2) is 6.60. The lowest BCUT2D eigenvalue weighted by Crippen LogP contribution is -1.75. The Kier molecular flexibility index (Phi) is 4.17. The number of nitrogens with one attached hydrogen (secondary N) is 1. The predicted molar refractivity (Wildman–Crippen MR) is 91.1 cm³/mol. The zero-order valence-corrected chi connectivity index (χ0v) is 12.4. The molecule has 2 heteroatoms. The van der Waals surface area contributed by atoms with Crippen LogP contribution >= 0.6 is 0 Å². The molecule has 2 nitrogen and oxygen atoms in total. The van der Waals surface area contributed by atoms with Gasteiger partial charge < -0.3 is 0 Å². The summed E-state index contributed by atoms with van der Waals surface area (Å²) in [6, 6.07) is 20.3. The van der Waals surface area contributed by atoms with Gasteiger partial charge in [-0.05, 0) is 42.8 Å². The number of nitrogens with zero attached hydrogens (tertiary/aromatic N) is 1. The molecule has 0 fully saturated rings. The fourth-order valence-electron chi connectivity index (χ4n) is 2.16. The topological polar surface area (TPSA) is 28.7 Å². The number of allylic oxidation sites excluding steroid dienone is 1. The molecule has 0 aliphatic rings. The van der Waals surface area contributed by atoms with E-state index in [4.69, 9.17) is 0 Å². The lowest BCUT2D eigenvalue weighted by Gasteiger charge is -1.92. The van der Waals surface area contributed by atoms with Crippen LogP contribution in [0, 0.1) is 18.8 Å². The van der Waals surface area contributed by atoms with Gasteiger partial charge in [-0.2, -0.15) is 5.10 Å². The fourth-order valence-corrected chi connectivity index (χ4v) is 2.16. The lowest BCUT2D eigenvalue weighted by atomic mass is 10.1. The van der Waals surface area contributed by atoms with Crippen molar-refractivity contribution in [3.63, 3.8) is 0 Å². The number of aromatic nitrogens is 2. The number of hydrogen-bond donors (Lipinski definition) is 1. The van der Waals surface area contributed by atoms with Crippen LogP contribution in [-0.4, -0.2) is 10.2 Å². The number of benzene rings is 2. The largest absolute Gasteiger partial charge is 0.278 e. The second-order valence-electron chi connectivity index (χ2n) is 5.05. The van der Waals surface area contributed by atoms with E-state index in [0.29, 0.717) is 0 Å². The zero-order valence-electron chi connectivity index (χ0n) is 12.4. The molecule has 1 aromatic heterocycles. The van der Waals surface area contributed by atoms with E-state index in [-0.39, 0.29) is 0 Å². The minimum Gasteiger partial charge on any atom is -0.278 e. The van der Waals surface area contributed by atoms with Crippen LogP contribution in [0.4, 0.5) is 0 Å². The van der Waals surface area contributed by atoms with E-state index in [2.05, 4.69) is 41.1 Å². The molecule has 0 saturated carbocycles. The highest BCUT2D eigenvalue weighted by molar-refractivity contribution is 5.63. The SMILES string of the molecule is Cc1cccc(C#C/C=C\c2cc(-c3ccccc3)n[nH]2)c1. The Morgan fingerprint density at radius 2 is 1.86 bits per heavy atom. The maximum absolute atomic E-state index is 4.31. The number of aromatic amines is 1. The molecule has 1 heterocycles. The maximum atomic E-state index is 4.31. The van der Waals surface area contributed by atoms with Crippen LogP contribution in [-0.2, 0) is 0 Å². The fraction of sp³-hybridized carbons (Fsp3) is 0.0500. The molecule has 106 valence electrons. The smallest absolute Gasteiger partial charge is 0.0926 e. The summed E-state index contributed by atoms with van der Waals surface area (Å²) in [7, 11) is 0. The molecule has 0 spiro atoms. The van der Waals surface area contributed by atoms with Crippen molar-refractivity contribution < 1.29 is 0 Å². The molecule has 0 atom stereocenters. The van der Waals surface area contributed by atoms with Crippen LogP contribution in [0.5, 0.6) is 0 Å². The van der Waals surface area contributed by atoms with Gasteiger partial charge in [0, 0.05) is 11.1 Å². The molecule has 0 saturated heterocycles. The van der Waals surface area contributed by atoms with Crippen LogP contribution in [0.25, 0.3) is 17.3 Å². The van der Waals surface area contributed by atoms with E-state index < -0.39 is 0 Å². The molecule has 2 aromatic carbocycles. The maximum Gasteiger partial charge on any atom is 0.0926 e. The minimum absolute atomic E-state index is 0.937. The highest BCUT2D eigenvalue weighted by atomic mass is 15.1. The summed E-state index contributed by atoms with van der Waals surface area (Å²) in [5.41, 5.74) is 5.23. The number of rotatable bonds is 2. The summed E-state index contributed by atoms with van der Waals surface area (Å²) < 4.78 is 0. The van der Waals surface area contributed by atoms with Gasteiger partial charge in [-0.1, -0.05) is 54.3 Å². The van der Waals surface area contributed by atoms with Crippen molar-refractivity contribution in [2.24, 2.45) is 0 Å². The average molecular weight is 284 g/mol. The van der Waals surface area contributed by atoms with Gasteiger partial charge in [-0.15, -0.1) is 0 Å². The Morgan fingerprint density at radius 3 is 2.68 bits per heavy atom. The molecule has 3 rings (SSSR count). The summed E-state index contributed by atoms with van der Waals surface area (Å²) in [5.74, 6) is 6.17. The minimum atomic E-state index is 0.937. The third-order valence-electron chi connectivity index (χ3n) is 3.25. The Balaban J connectivity index is 1.71. The number of H-pyrrole nitrogens is 1. The van der Waals surface area contributed by atoms with E-state index in [1.54, 1.807) is 0 Å². The third kappa shape index (κ3) is 3.53. The van der Waals surface area contributed by atoms with Gasteiger partial charge in [0.1, 0.15) is 0 Å². The molecule has 0 unspecified atom stereocenters. The molecule has 3 aromatic rings. The summed E-state index contributed by atoms with van der Waals surface area (Å²) in [6.07, 6.45) is 3.77. The van der Waals surface area contributed by atoms with E-state index in [0.717, 1.165) is 22.5 Å². The van der Waals surface area contributed by atoms with E-state index in [9.17, 15) is 0 Å². The molecule has 0 amide bonds. The molecule has 0 aliphatic heterocycles. The molecule has 1 N–H and O–H groups in total. The van der Waals surface area contributed by atoms with Gasteiger partial charge in [0.15, 0.2) is 0 Å². The Bertz CT molecular complexity index is 846. The van der Waals surface area contributed by atoms with E-state index in [1.807, 2.05) is 60.7 Å². The number of hydrogen-bond acceptors (Lipinski definition) is 1. The molecule has 0 radical (unpaired) electrons. The Hall–Kier alpha value is -3.05. The first-order valence-electron chi connectivity index (χ1n) is 7.17. The predicted octanol–water partition coefficient (Wildman–Crippen LogP) is 4.45. The highest BCUT2D eigenvalue weighted by Crippen LogP contribution is 2.17. The molecule has 0 bridgehead atoms.